The summed E-state index contributed by atoms with van der Waals surface area (Å²) in [7, 11) is 0. The molecule has 106 valence electrons. The summed E-state index contributed by atoms with van der Waals surface area (Å²) < 4.78 is 41.8. The number of alkyl halides is 3. The van der Waals surface area contributed by atoms with Crippen LogP contribution in [0.5, 0.6) is 0 Å². The summed E-state index contributed by atoms with van der Waals surface area (Å²) in [6.07, 6.45) is -5.76. The number of rotatable bonds is 7. The zero-order chi connectivity index (χ0) is 14.4. The molecule has 3 atom stereocenters. The van der Waals surface area contributed by atoms with E-state index in [1.54, 1.807) is 13.8 Å². The van der Waals surface area contributed by atoms with Gasteiger partial charge in [-0.2, -0.15) is 18.4 Å². The average molecular weight is 266 g/mol. The largest absolute Gasteiger partial charge is 0.414 e. The van der Waals surface area contributed by atoms with E-state index >= 15 is 0 Å². The van der Waals surface area contributed by atoms with Gasteiger partial charge in [0.15, 0.2) is 6.10 Å². The van der Waals surface area contributed by atoms with Crippen molar-refractivity contribution in [1.82, 2.24) is 5.32 Å². The van der Waals surface area contributed by atoms with Crippen LogP contribution in [0.15, 0.2) is 0 Å². The highest BCUT2D eigenvalue weighted by Gasteiger charge is 2.38. The highest BCUT2D eigenvalue weighted by Crippen LogP contribution is 2.25. The molecule has 0 bridgehead atoms. The Hall–Kier alpha value is -0.800. The Kier molecular flexibility index (Phi) is 6.64. The van der Waals surface area contributed by atoms with Crippen LogP contribution in [0.25, 0.3) is 0 Å². The molecule has 0 rings (SSSR count). The Morgan fingerprint density at radius 3 is 2.28 bits per heavy atom. The van der Waals surface area contributed by atoms with Crippen LogP contribution in [0.3, 0.4) is 0 Å². The molecular formula is C12H21F3N2O. The lowest BCUT2D eigenvalue weighted by Gasteiger charge is -2.28. The quantitative estimate of drug-likeness (QED) is 0.770. The van der Waals surface area contributed by atoms with E-state index in [0.717, 1.165) is 13.3 Å². The molecule has 0 aliphatic heterocycles. The molecule has 0 saturated carbocycles. The fraction of sp³-hybridized carbons (Fsp3) is 0.917. The van der Waals surface area contributed by atoms with Crippen molar-refractivity contribution in [1.29, 1.82) is 5.26 Å². The molecule has 3 unspecified atom stereocenters. The summed E-state index contributed by atoms with van der Waals surface area (Å²) in [4.78, 5) is 0. The highest BCUT2D eigenvalue weighted by molar-refractivity contribution is 5.04. The van der Waals surface area contributed by atoms with Crippen LogP contribution in [-0.2, 0) is 4.74 Å². The SMILES string of the molecule is CCCNC(C)(C#N)CC(C)OC(C)C(F)(F)F. The maximum atomic E-state index is 12.3. The highest BCUT2D eigenvalue weighted by atomic mass is 19.4. The van der Waals surface area contributed by atoms with Gasteiger partial charge < -0.3 is 4.74 Å². The Morgan fingerprint density at radius 1 is 1.33 bits per heavy atom. The molecule has 0 aromatic rings. The molecule has 1 N–H and O–H groups in total. The first-order valence-corrected chi connectivity index (χ1v) is 6.03. The van der Waals surface area contributed by atoms with Crippen LogP contribution < -0.4 is 5.32 Å². The van der Waals surface area contributed by atoms with Gasteiger partial charge in [0.25, 0.3) is 0 Å². The molecule has 0 aromatic heterocycles. The van der Waals surface area contributed by atoms with E-state index in [1.165, 1.54) is 0 Å². The molecule has 0 aliphatic rings. The second-order valence-electron chi connectivity index (χ2n) is 4.71. The van der Waals surface area contributed by atoms with Crippen LogP contribution in [0, 0.1) is 11.3 Å². The van der Waals surface area contributed by atoms with Crippen molar-refractivity contribution in [3.63, 3.8) is 0 Å². The Balaban J connectivity index is 4.36. The van der Waals surface area contributed by atoms with Crippen molar-refractivity contribution < 1.29 is 17.9 Å². The predicted octanol–water partition coefficient (Wildman–Crippen LogP) is 3.01. The lowest BCUT2D eigenvalue weighted by atomic mass is 9.96. The van der Waals surface area contributed by atoms with Gasteiger partial charge in [-0.15, -0.1) is 0 Å². The molecule has 0 radical (unpaired) electrons. The number of nitriles is 1. The first-order valence-electron chi connectivity index (χ1n) is 6.03. The number of ether oxygens (including phenoxy) is 1. The molecule has 18 heavy (non-hydrogen) atoms. The summed E-state index contributed by atoms with van der Waals surface area (Å²) >= 11 is 0. The molecule has 0 saturated heterocycles. The molecule has 0 fully saturated rings. The van der Waals surface area contributed by atoms with Gasteiger partial charge in [-0.05, 0) is 33.7 Å². The van der Waals surface area contributed by atoms with Crippen molar-refractivity contribution in [3.8, 4) is 6.07 Å². The van der Waals surface area contributed by atoms with Crippen LogP contribution in [0.2, 0.25) is 0 Å². The lowest BCUT2D eigenvalue weighted by Crippen LogP contribution is -2.45. The van der Waals surface area contributed by atoms with Gasteiger partial charge in [-0.3, -0.25) is 5.32 Å². The summed E-state index contributed by atoms with van der Waals surface area (Å²) in [5.41, 5.74) is -0.860. The fourth-order valence-corrected chi connectivity index (χ4v) is 1.61. The third-order valence-electron chi connectivity index (χ3n) is 2.61. The van der Waals surface area contributed by atoms with Gasteiger partial charge in [-0.1, -0.05) is 6.92 Å². The number of nitrogens with one attached hydrogen (secondary N) is 1. The summed E-state index contributed by atoms with van der Waals surface area (Å²) in [5, 5.41) is 12.1. The van der Waals surface area contributed by atoms with Crippen LogP contribution in [0.4, 0.5) is 13.2 Å². The maximum Gasteiger partial charge on any atom is 0.414 e. The Bertz CT molecular complexity index is 288. The van der Waals surface area contributed by atoms with E-state index in [4.69, 9.17) is 10.00 Å². The van der Waals surface area contributed by atoms with Gasteiger partial charge in [0.2, 0.25) is 0 Å². The lowest BCUT2D eigenvalue weighted by molar-refractivity contribution is -0.226. The summed E-state index contributed by atoms with van der Waals surface area (Å²) in [5.74, 6) is 0. The van der Waals surface area contributed by atoms with Crippen molar-refractivity contribution in [2.45, 2.75) is 64.5 Å². The minimum Gasteiger partial charge on any atom is -0.366 e. The normalized spacial score (nSPS) is 18.8. The minimum absolute atomic E-state index is 0.212. The number of hydrogen-bond donors (Lipinski definition) is 1. The number of nitrogens with zero attached hydrogens (tertiary/aromatic N) is 1. The monoisotopic (exact) mass is 266 g/mol. The second kappa shape index (κ2) is 6.95. The number of hydrogen-bond acceptors (Lipinski definition) is 3. The third-order valence-corrected chi connectivity index (χ3v) is 2.61. The van der Waals surface area contributed by atoms with Crippen LogP contribution in [0.1, 0.15) is 40.5 Å². The van der Waals surface area contributed by atoms with E-state index < -0.39 is 23.9 Å². The zero-order valence-corrected chi connectivity index (χ0v) is 11.3. The van der Waals surface area contributed by atoms with E-state index in [2.05, 4.69) is 11.4 Å². The van der Waals surface area contributed by atoms with E-state index in [-0.39, 0.29) is 6.42 Å². The average Bonchev–Trinajstić information content (AvgIpc) is 2.25. The van der Waals surface area contributed by atoms with Crippen molar-refractivity contribution in [2.75, 3.05) is 6.54 Å². The predicted molar refractivity (Wildman–Crippen MR) is 63.0 cm³/mol. The van der Waals surface area contributed by atoms with Crippen molar-refractivity contribution in [2.24, 2.45) is 0 Å². The first-order chi connectivity index (χ1) is 8.14. The third kappa shape index (κ3) is 6.22. The molecular weight excluding hydrogens is 245 g/mol. The summed E-state index contributed by atoms with van der Waals surface area (Å²) in [6.45, 7) is 6.79. The molecule has 0 amide bonds. The topological polar surface area (TPSA) is 45.0 Å². The molecule has 0 aromatic carbocycles. The summed E-state index contributed by atoms with van der Waals surface area (Å²) in [6, 6.07) is 2.08. The van der Waals surface area contributed by atoms with E-state index in [1.807, 2.05) is 6.92 Å². The molecule has 6 heteroatoms. The van der Waals surface area contributed by atoms with E-state index in [9.17, 15) is 13.2 Å². The second-order valence-corrected chi connectivity index (χ2v) is 4.71. The minimum atomic E-state index is -4.37. The molecule has 0 heterocycles. The molecule has 3 nitrogen and oxygen atoms in total. The van der Waals surface area contributed by atoms with Gasteiger partial charge in [0, 0.05) is 6.42 Å². The van der Waals surface area contributed by atoms with Gasteiger partial charge >= 0.3 is 6.18 Å². The standard InChI is InChI=1S/C12H21F3N2O/c1-5-6-17-11(4,8-16)7-9(2)18-10(3)12(13,14)15/h9-10,17H,5-7H2,1-4H3. The molecule has 0 aliphatic carbocycles. The Morgan fingerprint density at radius 2 is 1.89 bits per heavy atom. The first kappa shape index (κ1) is 17.2. The van der Waals surface area contributed by atoms with Gasteiger partial charge in [0.1, 0.15) is 5.54 Å². The van der Waals surface area contributed by atoms with Crippen molar-refractivity contribution >= 4 is 0 Å². The van der Waals surface area contributed by atoms with Gasteiger partial charge in [0.05, 0.1) is 12.2 Å². The van der Waals surface area contributed by atoms with Crippen molar-refractivity contribution in [3.05, 3.63) is 0 Å². The van der Waals surface area contributed by atoms with Gasteiger partial charge in [-0.25, -0.2) is 0 Å². The number of halogens is 3. The smallest absolute Gasteiger partial charge is 0.366 e. The van der Waals surface area contributed by atoms with E-state index in [0.29, 0.717) is 6.54 Å². The zero-order valence-electron chi connectivity index (χ0n) is 11.3. The van der Waals surface area contributed by atoms with Crippen LogP contribution >= 0.6 is 0 Å². The Labute approximate surface area is 106 Å². The van der Waals surface area contributed by atoms with Crippen LogP contribution in [-0.4, -0.2) is 30.5 Å². The fourth-order valence-electron chi connectivity index (χ4n) is 1.61. The molecule has 0 spiro atoms. The maximum absolute atomic E-state index is 12.3.